The quantitative estimate of drug-likeness (QED) is 0.623. The molecule has 0 spiro atoms. The van der Waals surface area contributed by atoms with E-state index in [4.69, 9.17) is 9.15 Å². The van der Waals surface area contributed by atoms with Gasteiger partial charge in [-0.1, -0.05) is 0 Å². The van der Waals surface area contributed by atoms with Gasteiger partial charge in [0.2, 0.25) is 11.8 Å². The second-order valence-electron chi connectivity index (χ2n) is 5.60. The number of ether oxygens (including phenoxy) is 1. The van der Waals surface area contributed by atoms with Gasteiger partial charge in [-0.15, -0.1) is 11.8 Å². The molecule has 2 rings (SSSR count). The molecule has 8 nitrogen and oxygen atoms in total. The number of amides is 3. The molecule has 2 aromatic rings. The Hall–Kier alpha value is -2.94. The van der Waals surface area contributed by atoms with E-state index in [1.807, 2.05) is 0 Å². The highest BCUT2D eigenvalue weighted by Gasteiger charge is 2.14. The summed E-state index contributed by atoms with van der Waals surface area (Å²) in [6.07, 6.45) is 0. The first-order valence-electron chi connectivity index (χ1n) is 8.07. The molecule has 0 aliphatic carbocycles. The zero-order valence-electron chi connectivity index (χ0n) is 15.3. The maximum atomic E-state index is 11.9. The van der Waals surface area contributed by atoms with Crippen molar-refractivity contribution in [1.82, 2.24) is 10.9 Å². The molecule has 0 saturated carbocycles. The molecule has 0 unspecified atom stereocenters. The maximum absolute atomic E-state index is 11.9. The summed E-state index contributed by atoms with van der Waals surface area (Å²) < 4.78 is 10.3. The number of thioether (sulfide) groups is 1. The normalized spacial score (nSPS) is 10.2. The zero-order chi connectivity index (χ0) is 19.8. The fraction of sp³-hybridized carbons (Fsp3) is 0.278. The Bertz CT molecular complexity index is 817. The zero-order valence-corrected chi connectivity index (χ0v) is 16.1. The van der Waals surface area contributed by atoms with Crippen molar-refractivity contribution in [3.8, 4) is 5.75 Å². The lowest BCUT2D eigenvalue weighted by Gasteiger charge is -2.08. The predicted molar refractivity (Wildman–Crippen MR) is 103 cm³/mol. The highest BCUT2D eigenvalue weighted by atomic mass is 32.2. The van der Waals surface area contributed by atoms with Gasteiger partial charge in [0.1, 0.15) is 17.3 Å². The van der Waals surface area contributed by atoms with E-state index in [0.717, 1.165) is 11.8 Å². The molecule has 0 fully saturated rings. The molecule has 9 heteroatoms. The number of aryl methyl sites for hydroxylation is 2. The van der Waals surface area contributed by atoms with Crippen molar-refractivity contribution in [1.29, 1.82) is 0 Å². The van der Waals surface area contributed by atoms with E-state index >= 15 is 0 Å². The van der Waals surface area contributed by atoms with E-state index in [1.165, 1.54) is 0 Å². The van der Waals surface area contributed by atoms with Crippen LogP contribution in [0.5, 0.6) is 5.75 Å². The Morgan fingerprint density at radius 1 is 1.04 bits per heavy atom. The van der Waals surface area contributed by atoms with Gasteiger partial charge >= 0.3 is 0 Å². The molecule has 0 saturated heterocycles. The summed E-state index contributed by atoms with van der Waals surface area (Å²) >= 11 is 1.13. The summed E-state index contributed by atoms with van der Waals surface area (Å²) in [5.74, 6) is 0.815. The Morgan fingerprint density at radius 3 is 2.30 bits per heavy atom. The number of hydrogen-bond acceptors (Lipinski definition) is 6. The summed E-state index contributed by atoms with van der Waals surface area (Å²) in [5.41, 5.74) is 5.63. The van der Waals surface area contributed by atoms with Gasteiger partial charge < -0.3 is 14.5 Å². The van der Waals surface area contributed by atoms with Gasteiger partial charge in [-0.3, -0.25) is 25.2 Å². The van der Waals surface area contributed by atoms with Crippen LogP contribution in [0.25, 0.3) is 0 Å². The molecule has 1 heterocycles. The van der Waals surface area contributed by atoms with Gasteiger partial charge in [-0.2, -0.15) is 0 Å². The Morgan fingerprint density at radius 2 is 1.70 bits per heavy atom. The van der Waals surface area contributed by atoms with Crippen LogP contribution in [0.15, 0.2) is 34.7 Å². The van der Waals surface area contributed by atoms with Gasteiger partial charge in [0.05, 0.1) is 24.2 Å². The van der Waals surface area contributed by atoms with Crippen LogP contribution in [-0.4, -0.2) is 36.3 Å². The van der Waals surface area contributed by atoms with E-state index in [0.29, 0.717) is 28.5 Å². The standard InChI is InChI=1S/C18H21N3O5S/c1-11-8-15(12(2)26-11)18(24)21-20-17(23)10-27-9-16(22)19-13-4-6-14(25-3)7-5-13/h4-8H,9-10H2,1-3H3,(H,19,22)(H,20,23)(H,21,24). The third-order valence-corrected chi connectivity index (χ3v) is 4.37. The topological polar surface area (TPSA) is 110 Å². The minimum absolute atomic E-state index is 0.0275. The number of rotatable bonds is 7. The van der Waals surface area contributed by atoms with Gasteiger partial charge in [-0.05, 0) is 44.2 Å². The van der Waals surface area contributed by atoms with Crippen LogP contribution in [0.1, 0.15) is 21.9 Å². The van der Waals surface area contributed by atoms with Crippen molar-refractivity contribution in [2.45, 2.75) is 13.8 Å². The first-order chi connectivity index (χ1) is 12.9. The smallest absolute Gasteiger partial charge is 0.273 e. The highest BCUT2D eigenvalue weighted by molar-refractivity contribution is 8.00. The van der Waals surface area contributed by atoms with Crippen LogP contribution < -0.4 is 20.9 Å². The molecule has 3 amide bonds. The van der Waals surface area contributed by atoms with Crippen molar-refractivity contribution in [3.05, 3.63) is 47.4 Å². The fourth-order valence-electron chi connectivity index (χ4n) is 2.19. The SMILES string of the molecule is COc1ccc(NC(=O)CSCC(=O)NNC(=O)c2cc(C)oc2C)cc1. The molecule has 3 N–H and O–H groups in total. The summed E-state index contributed by atoms with van der Waals surface area (Å²) in [6.45, 7) is 3.40. The van der Waals surface area contributed by atoms with Crippen molar-refractivity contribution in [2.75, 3.05) is 23.9 Å². The Balaban J connectivity index is 1.67. The first-order valence-corrected chi connectivity index (χ1v) is 9.22. The number of benzene rings is 1. The van der Waals surface area contributed by atoms with Gasteiger partial charge in [-0.25, -0.2) is 0 Å². The summed E-state index contributed by atoms with van der Waals surface area (Å²) in [5, 5.41) is 2.72. The number of carbonyl (C=O) groups is 3. The molecule has 1 aromatic carbocycles. The van der Waals surface area contributed by atoms with Crippen LogP contribution in [0.2, 0.25) is 0 Å². The number of methoxy groups -OCH3 is 1. The average Bonchev–Trinajstić information content (AvgIpc) is 2.98. The number of carbonyl (C=O) groups excluding carboxylic acids is 3. The monoisotopic (exact) mass is 391 g/mol. The van der Waals surface area contributed by atoms with Gasteiger partial charge in [0, 0.05) is 5.69 Å². The lowest BCUT2D eigenvalue weighted by molar-refractivity contribution is -0.119. The second kappa shape index (κ2) is 9.67. The van der Waals surface area contributed by atoms with Crippen molar-refractivity contribution < 1.29 is 23.5 Å². The molecular weight excluding hydrogens is 370 g/mol. The van der Waals surface area contributed by atoms with Gasteiger partial charge in [0.25, 0.3) is 5.91 Å². The average molecular weight is 391 g/mol. The third-order valence-electron chi connectivity index (χ3n) is 3.44. The van der Waals surface area contributed by atoms with Crippen molar-refractivity contribution in [3.63, 3.8) is 0 Å². The fourth-order valence-corrected chi connectivity index (χ4v) is 2.81. The highest BCUT2D eigenvalue weighted by Crippen LogP contribution is 2.15. The second-order valence-corrected chi connectivity index (χ2v) is 6.58. The molecule has 144 valence electrons. The Kier molecular flexibility index (Phi) is 7.30. The van der Waals surface area contributed by atoms with Gasteiger partial charge in [0.15, 0.2) is 0 Å². The van der Waals surface area contributed by atoms with Crippen molar-refractivity contribution in [2.24, 2.45) is 0 Å². The van der Waals surface area contributed by atoms with Crippen LogP contribution in [0.4, 0.5) is 5.69 Å². The van der Waals surface area contributed by atoms with Crippen molar-refractivity contribution >= 4 is 35.2 Å². The summed E-state index contributed by atoms with van der Waals surface area (Å²) in [7, 11) is 1.56. The number of furan rings is 1. The van der Waals surface area contributed by atoms with Crippen LogP contribution in [0, 0.1) is 13.8 Å². The molecule has 0 atom stereocenters. The number of hydrazine groups is 1. The molecule has 0 bridgehead atoms. The number of hydrogen-bond donors (Lipinski definition) is 3. The van der Waals surface area contributed by atoms with Crippen LogP contribution in [-0.2, 0) is 9.59 Å². The van der Waals surface area contributed by atoms with E-state index in [2.05, 4.69) is 16.2 Å². The minimum atomic E-state index is -0.458. The predicted octanol–water partition coefficient (Wildman–Crippen LogP) is 2.04. The molecule has 1 aromatic heterocycles. The van der Waals surface area contributed by atoms with Crippen LogP contribution in [0.3, 0.4) is 0 Å². The third kappa shape index (κ3) is 6.37. The Labute approximate surface area is 161 Å². The van der Waals surface area contributed by atoms with E-state index < -0.39 is 11.8 Å². The lowest BCUT2D eigenvalue weighted by Crippen LogP contribution is -2.42. The van der Waals surface area contributed by atoms with E-state index in [-0.39, 0.29) is 17.4 Å². The number of nitrogens with one attached hydrogen (secondary N) is 3. The molecule has 27 heavy (non-hydrogen) atoms. The summed E-state index contributed by atoms with van der Waals surface area (Å²) in [6, 6.07) is 8.52. The molecular formula is C18H21N3O5S. The first kappa shape index (κ1) is 20.4. The molecule has 0 radical (unpaired) electrons. The largest absolute Gasteiger partial charge is 0.497 e. The molecule has 0 aliphatic heterocycles. The minimum Gasteiger partial charge on any atom is -0.497 e. The lowest BCUT2D eigenvalue weighted by atomic mass is 10.2. The molecule has 0 aliphatic rings. The number of anilines is 1. The maximum Gasteiger partial charge on any atom is 0.273 e. The van der Waals surface area contributed by atoms with E-state index in [1.54, 1.807) is 51.3 Å². The van der Waals surface area contributed by atoms with E-state index in [9.17, 15) is 14.4 Å². The van der Waals surface area contributed by atoms with Crippen LogP contribution >= 0.6 is 11.8 Å². The summed E-state index contributed by atoms with van der Waals surface area (Å²) in [4.78, 5) is 35.6.